The molecule has 2 aromatic heterocycles. The Balaban J connectivity index is 1.66. The van der Waals surface area contributed by atoms with E-state index in [1.54, 1.807) is 12.1 Å². The van der Waals surface area contributed by atoms with Gasteiger partial charge in [0.05, 0.1) is 18.6 Å². The molecule has 0 aliphatic carbocycles. The molecule has 1 fully saturated rings. The molecule has 2 N–H and O–H groups in total. The molecule has 0 unspecified atom stereocenters. The molecule has 128 valence electrons. The lowest BCUT2D eigenvalue weighted by molar-refractivity contribution is -0.124. The van der Waals surface area contributed by atoms with Gasteiger partial charge in [-0.3, -0.25) is 14.5 Å². The van der Waals surface area contributed by atoms with Crippen molar-refractivity contribution in [3.63, 3.8) is 0 Å². The van der Waals surface area contributed by atoms with Crippen LogP contribution in [0.25, 0.3) is 20.7 Å². The maximum absolute atomic E-state index is 13.1. The molecule has 6 nitrogen and oxygen atoms in total. The molecule has 25 heavy (non-hydrogen) atoms. The van der Waals surface area contributed by atoms with E-state index in [1.165, 1.54) is 23.5 Å². The zero-order valence-electron chi connectivity index (χ0n) is 13.2. The second-order valence-corrected chi connectivity index (χ2v) is 6.96. The van der Waals surface area contributed by atoms with Gasteiger partial charge in [0.1, 0.15) is 16.3 Å². The summed E-state index contributed by atoms with van der Waals surface area (Å²) in [6.45, 7) is 2.03. The lowest BCUT2D eigenvalue weighted by atomic mass is 10.2. The third-order valence-electron chi connectivity index (χ3n) is 4.05. The zero-order valence-corrected chi connectivity index (χ0v) is 14.0. The SMILES string of the molecule is O=C1CN(Cc2nc3cc(-c4ccc(F)cc4)sc3c(=O)[nH]2)CCN1. The Hall–Kier alpha value is -2.58. The van der Waals surface area contributed by atoms with Crippen LogP contribution < -0.4 is 10.9 Å². The van der Waals surface area contributed by atoms with Crippen molar-refractivity contribution in [2.75, 3.05) is 19.6 Å². The highest BCUT2D eigenvalue weighted by Crippen LogP contribution is 2.30. The smallest absolute Gasteiger partial charge is 0.268 e. The van der Waals surface area contributed by atoms with Crippen molar-refractivity contribution < 1.29 is 9.18 Å². The molecule has 0 atom stereocenters. The molecule has 1 aliphatic rings. The molecule has 3 aromatic rings. The highest BCUT2D eigenvalue weighted by molar-refractivity contribution is 7.22. The van der Waals surface area contributed by atoms with Gasteiger partial charge in [-0.25, -0.2) is 9.37 Å². The average molecular weight is 358 g/mol. The van der Waals surface area contributed by atoms with Crippen LogP contribution in [-0.2, 0) is 11.3 Å². The fourth-order valence-electron chi connectivity index (χ4n) is 2.86. The molecule has 1 saturated heterocycles. The van der Waals surface area contributed by atoms with E-state index >= 15 is 0 Å². The van der Waals surface area contributed by atoms with E-state index in [9.17, 15) is 14.0 Å². The fourth-order valence-corrected chi connectivity index (χ4v) is 3.86. The summed E-state index contributed by atoms with van der Waals surface area (Å²) in [7, 11) is 0. The summed E-state index contributed by atoms with van der Waals surface area (Å²) in [5, 5.41) is 2.77. The van der Waals surface area contributed by atoms with Gasteiger partial charge in [0.25, 0.3) is 5.56 Å². The van der Waals surface area contributed by atoms with Crippen molar-refractivity contribution in [1.29, 1.82) is 0 Å². The van der Waals surface area contributed by atoms with Crippen molar-refractivity contribution in [2.24, 2.45) is 0 Å². The third kappa shape index (κ3) is 3.31. The van der Waals surface area contributed by atoms with Crippen molar-refractivity contribution in [3.8, 4) is 10.4 Å². The molecule has 0 spiro atoms. The number of halogens is 1. The highest BCUT2D eigenvalue weighted by atomic mass is 32.1. The van der Waals surface area contributed by atoms with Crippen LogP contribution in [-0.4, -0.2) is 40.4 Å². The van der Waals surface area contributed by atoms with Gasteiger partial charge in [-0.05, 0) is 23.8 Å². The van der Waals surface area contributed by atoms with Gasteiger partial charge in [0, 0.05) is 18.0 Å². The lowest BCUT2D eigenvalue weighted by Crippen LogP contribution is -2.47. The van der Waals surface area contributed by atoms with Crippen molar-refractivity contribution in [3.05, 3.63) is 52.3 Å². The molecule has 1 aromatic carbocycles. The Bertz CT molecular complexity index is 996. The van der Waals surface area contributed by atoms with Crippen LogP contribution in [0.3, 0.4) is 0 Å². The third-order valence-corrected chi connectivity index (χ3v) is 5.22. The number of aromatic amines is 1. The van der Waals surface area contributed by atoms with Crippen LogP contribution in [0.4, 0.5) is 4.39 Å². The number of H-pyrrole nitrogens is 1. The highest BCUT2D eigenvalue weighted by Gasteiger charge is 2.18. The summed E-state index contributed by atoms with van der Waals surface area (Å²) >= 11 is 1.33. The van der Waals surface area contributed by atoms with Crippen LogP contribution >= 0.6 is 11.3 Å². The first-order valence-corrected chi connectivity index (χ1v) is 8.68. The number of carbonyl (C=O) groups excluding carboxylic acids is 1. The van der Waals surface area contributed by atoms with Crippen molar-refractivity contribution in [2.45, 2.75) is 6.54 Å². The molecule has 8 heteroatoms. The number of carbonyl (C=O) groups is 1. The van der Waals surface area contributed by atoms with Crippen LogP contribution in [0.1, 0.15) is 5.82 Å². The van der Waals surface area contributed by atoms with E-state index < -0.39 is 0 Å². The molecule has 1 aliphatic heterocycles. The predicted octanol–water partition coefficient (Wildman–Crippen LogP) is 1.72. The number of nitrogens with zero attached hydrogens (tertiary/aromatic N) is 2. The maximum Gasteiger partial charge on any atom is 0.268 e. The van der Waals surface area contributed by atoms with Gasteiger partial charge in [-0.1, -0.05) is 12.1 Å². The Kier molecular flexibility index (Phi) is 4.06. The Morgan fingerprint density at radius 2 is 2.04 bits per heavy atom. The monoisotopic (exact) mass is 358 g/mol. The Morgan fingerprint density at radius 3 is 2.80 bits per heavy atom. The summed E-state index contributed by atoms with van der Waals surface area (Å²) < 4.78 is 13.6. The van der Waals surface area contributed by atoms with Gasteiger partial charge < -0.3 is 10.3 Å². The molecule has 1 amide bonds. The number of benzene rings is 1. The number of nitrogens with one attached hydrogen (secondary N) is 2. The topological polar surface area (TPSA) is 78.1 Å². The number of thiophene rings is 1. The molecule has 3 heterocycles. The van der Waals surface area contributed by atoms with E-state index in [4.69, 9.17) is 0 Å². The van der Waals surface area contributed by atoms with Crippen molar-refractivity contribution >= 4 is 27.5 Å². The number of amides is 1. The average Bonchev–Trinajstić information content (AvgIpc) is 3.00. The number of aromatic nitrogens is 2. The molecule has 4 rings (SSSR count). The lowest BCUT2D eigenvalue weighted by Gasteiger charge is -2.25. The minimum absolute atomic E-state index is 0.0243. The summed E-state index contributed by atoms with van der Waals surface area (Å²) in [5.74, 6) is 0.216. The quantitative estimate of drug-likeness (QED) is 0.747. The largest absolute Gasteiger partial charge is 0.354 e. The van der Waals surface area contributed by atoms with Gasteiger partial charge in [0.15, 0.2) is 0 Å². The molecular weight excluding hydrogens is 343 g/mol. The van der Waals surface area contributed by atoms with Crippen LogP contribution in [0.5, 0.6) is 0 Å². The number of hydrogen-bond acceptors (Lipinski definition) is 5. The first-order chi connectivity index (χ1) is 12.1. The second kappa shape index (κ2) is 6.38. The minimum atomic E-state index is -0.298. The fraction of sp³-hybridized carbons (Fsp3) is 0.235. The van der Waals surface area contributed by atoms with E-state index in [0.717, 1.165) is 17.0 Å². The summed E-state index contributed by atoms with van der Waals surface area (Å²) in [5.41, 5.74) is 1.27. The van der Waals surface area contributed by atoms with Gasteiger partial charge in [-0.15, -0.1) is 11.3 Å². The first kappa shape index (κ1) is 15.9. The number of hydrogen-bond donors (Lipinski definition) is 2. The molecule has 0 saturated carbocycles. The normalized spacial score (nSPS) is 15.5. The standard InChI is InChI=1S/C17H15FN4O2S/c18-11-3-1-10(2-4-11)13-7-12-16(25-13)17(24)21-14(20-12)8-22-6-5-19-15(23)9-22/h1-4,7H,5-6,8-9H2,(H,19,23)(H,20,21,24). The maximum atomic E-state index is 13.1. The minimum Gasteiger partial charge on any atom is -0.354 e. The van der Waals surface area contributed by atoms with E-state index in [0.29, 0.717) is 35.7 Å². The molecule has 0 bridgehead atoms. The second-order valence-electron chi connectivity index (χ2n) is 5.91. The summed E-state index contributed by atoms with van der Waals surface area (Å²) in [4.78, 5) is 33.9. The Morgan fingerprint density at radius 1 is 1.24 bits per heavy atom. The van der Waals surface area contributed by atoms with E-state index in [-0.39, 0.29) is 17.3 Å². The summed E-state index contributed by atoms with van der Waals surface area (Å²) in [6.07, 6.45) is 0. The van der Waals surface area contributed by atoms with E-state index in [1.807, 2.05) is 11.0 Å². The first-order valence-electron chi connectivity index (χ1n) is 7.86. The molecule has 0 radical (unpaired) electrons. The van der Waals surface area contributed by atoms with Gasteiger partial charge in [-0.2, -0.15) is 0 Å². The number of rotatable bonds is 3. The zero-order chi connectivity index (χ0) is 17.4. The predicted molar refractivity (Wildman–Crippen MR) is 93.9 cm³/mol. The molecular formula is C17H15FN4O2S. The number of fused-ring (bicyclic) bond motifs is 1. The van der Waals surface area contributed by atoms with Crippen LogP contribution in [0.2, 0.25) is 0 Å². The van der Waals surface area contributed by atoms with Crippen LogP contribution in [0, 0.1) is 5.82 Å². The van der Waals surface area contributed by atoms with Crippen molar-refractivity contribution in [1.82, 2.24) is 20.2 Å². The van der Waals surface area contributed by atoms with Gasteiger partial charge in [0.2, 0.25) is 5.91 Å². The Labute approximate surface area is 146 Å². The summed E-state index contributed by atoms with van der Waals surface area (Å²) in [6, 6.07) is 7.99. The van der Waals surface area contributed by atoms with E-state index in [2.05, 4.69) is 15.3 Å². The van der Waals surface area contributed by atoms with Crippen LogP contribution in [0.15, 0.2) is 35.1 Å². The number of piperazine rings is 1. The van der Waals surface area contributed by atoms with Gasteiger partial charge >= 0.3 is 0 Å².